The lowest BCUT2D eigenvalue weighted by Crippen LogP contribution is -2.24. The van der Waals surface area contributed by atoms with Crippen LogP contribution >= 0.6 is 11.8 Å². The average molecular weight is 618 g/mol. The SMILES string of the molecule is CCOC(=O)c1c(/C(C)=N/NC(=O)/C(C#N)=C2/SC(C(C)=O)=NN2c2ccccc2)nn(-c2ccccc2)c1-c1ccccc1. The van der Waals surface area contributed by atoms with Gasteiger partial charge in [-0.05, 0) is 49.9 Å². The van der Waals surface area contributed by atoms with Crippen LogP contribution in [-0.2, 0) is 14.3 Å². The molecule has 0 aliphatic carbocycles. The van der Waals surface area contributed by atoms with Gasteiger partial charge in [0.2, 0.25) is 0 Å². The smallest absolute Gasteiger partial charge is 0.342 e. The Hall–Kier alpha value is -5.80. The van der Waals surface area contributed by atoms with Gasteiger partial charge in [-0.25, -0.2) is 19.9 Å². The number of anilines is 1. The highest BCUT2D eigenvalue weighted by Gasteiger charge is 2.32. The van der Waals surface area contributed by atoms with Crippen molar-refractivity contribution in [3.63, 3.8) is 0 Å². The largest absolute Gasteiger partial charge is 0.462 e. The Labute approximate surface area is 263 Å². The van der Waals surface area contributed by atoms with Crippen molar-refractivity contribution in [1.82, 2.24) is 15.2 Å². The number of carbonyl (C=O) groups is 3. The summed E-state index contributed by atoms with van der Waals surface area (Å²) in [5.41, 5.74) is 5.14. The molecule has 3 aromatic carbocycles. The van der Waals surface area contributed by atoms with E-state index in [-0.39, 0.29) is 45.0 Å². The maximum Gasteiger partial charge on any atom is 0.342 e. The first-order chi connectivity index (χ1) is 21.8. The predicted molar refractivity (Wildman–Crippen MR) is 173 cm³/mol. The van der Waals surface area contributed by atoms with E-state index < -0.39 is 11.9 Å². The van der Waals surface area contributed by atoms with E-state index in [0.29, 0.717) is 17.1 Å². The molecule has 1 aliphatic rings. The van der Waals surface area contributed by atoms with Crippen molar-refractivity contribution < 1.29 is 19.1 Å². The second kappa shape index (κ2) is 13.7. The van der Waals surface area contributed by atoms with Crippen LogP contribution < -0.4 is 10.4 Å². The van der Waals surface area contributed by atoms with E-state index in [9.17, 15) is 19.6 Å². The van der Waals surface area contributed by atoms with E-state index in [0.717, 1.165) is 17.3 Å². The highest BCUT2D eigenvalue weighted by Crippen LogP contribution is 2.37. The van der Waals surface area contributed by atoms with Crippen molar-refractivity contribution in [2.75, 3.05) is 11.6 Å². The van der Waals surface area contributed by atoms with Crippen molar-refractivity contribution in [3.05, 3.63) is 113 Å². The molecule has 0 fully saturated rings. The minimum absolute atomic E-state index is 0.132. The fourth-order valence-electron chi connectivity index (χ4n) is 4.46. The van der Waals surface area contributed by atoms with E-state index in [2.05, 4.69) is 15.6 Å². The molecule has 45 heavy (non-hydrogen) atoms. The first-order valence-electron chi connectivity index (χ1n) is 13.9. The monoisotopic (exact) mass is 617 g/mol. The fourth-order valence-corrected chi connectivity index (χ4v) is 5.38. The summed E-state index contributed by atoms with van der Waals surface area (Å²) in [6, 6.07) is 29.4. The molecule has 0 atom stereocenters. The molecule has 0 saturated heterocycles. The lowest BCUT2D eigenvalue weighted by Gasteiger charge is -2.16. The van der Waals surface area contributed by atoms with Gasteiger partial charge >= 0.3 is 5.97 Å². The summed E-state index contributed by atoms with van der Waals surface area (Å²) in [6.45, 7) is 4.79. The van der Waals surface area contributed by atoms with Crippen LogP contribution in [0.15, 0.2) is 112 Å². The molecule has 11 nitrogen and oxygen atoms in total. The summed E-state index contributed by atoms with van der Waals surface area (Å²) < 4.78 is 7.06. The van der Waals surface area contributed by atoms with Gasteiger partial charge in [-0.1, -0.05) is 66.7 Å². The first-order valence-corrected chi connectivity index (χ1v) is 14.7. The molecule has 12 heteroatoms. The third kappa shape index (κ3) is 6.43. The van der Waals surface area contributed by atoms with Gasteiger partial charge in [0.1, 0.15) is 22.4 Å². The number of nitrogens with zero attached hydrogens (tertiary/aromatic N) is 6. The molecule has 2 heterocycles. The molecule has 224 valence electrons. The quantitative estimate of drug-likeness (QED) is 0.0860. The minimum atomic E-state index is -0.830. The standard InChI is InChI=1S/C33H27N7O4S/c1-4-44-33(43)27-28(37-39(24-16-10-6-11-17-24)29(27)23-14-8-5-9-15-23)21(2)35-36-30(42)26(20-34)32-40(25-18-12-7-13-19-25)38-31(45-32)22(3)41/h5-19H,4H2,1-3H3,(H,36,42)/b32-26+,35-21+. The average Bonchev–Trinajstić information content (AvgIpc) is 3.69. The van der Waals surface area contributed by atoms with Crippen LogP contribution in [0.3, 0.4) is 0 Å². The number of Topliss-reactive ketones (excluding diaryl/α,β-unsaturated/α-hetero) is 1. The van der Waals surface area contributed by atoms with Crippen molar-refractivity contribution in [2.24, 2.45) is 10.2 Å². The third-order valence-corrected chi connectivity index (χ3v) is 7.64. The van der Waals surface area contributed by atoms with Crippen LogP contribution in [-0.4, -0.2) is 44.8 Å². The zero-order valence-corrected chi connectivity index (χ0v) is 25.4. The number of hydrogen-bond acceptors (Lipinski definition) is 10. The molecule has 4 aromatic rings. The Morgan fingerprint density at radius 2 is 1.53 bits per heavy atom. The summed E-state index contributed by atoms with van der Waals surface area (Å²) in [5.74, 6) is -1.75. The van der Waals surface area contributed by atoms with Gasteiger partial charge in [-0.15, -0.1) is 0 Å². The molecule has 0 spiro atoms. The Bertz CT molecular complexity index is 1890. The normalized spacial score (nSPS) is 14.0. The van der Waals surface area contributed by atoms with Gasteiger partial charge < -0.3 is 4.74 Å². The molecule has 0 radical (unpaired) electrons. The number of para-hydroxylation sites is 2. The first kappa shape index (κ1) is 30.7. The molecule has 1 aliphatic heterocycles. The lowest BCUT2D eigenvalue weighted by molar-refractivity contribution is -0.117. The number of hydrogen-bond donors (Lipinski definition) is 1. The second-order valence-corrected chi connectivity index (χ2v) is 10.5. The van der Waals surface area contributed by atoms with Crippen molar-refractivity contribution in [1.29, 1.82) is 5.26 Å². The number of nitrogens with one attached hydrogen (secondary N) is 1. The van der Waals surface area contributed by atoms with Crippen LogP contribution in [0.4, 0.5) is 5.69 Å². The molecular weight excluding hydrogens is 590 g/mol. The van der Waals surface area contributed by atoms with Crippen LogP contribution in [0.25, 0.3) is 16.9 Å². The Morgan fingerprint density at radius 3 is 2.11 bits per heavy atom. The van der Waals surface area contributed by atoms with Gasteiger partial charge in [0.25, 0.3) is 5.91 Å². The Morgan fingerprint density at radius 1 is 0.933 bits per heavy atom. The van der Waals surface area contributed by atoms with Crippen LogP contribution in [0.1, 0.15) is 36.8 Å². The van der Waals surface area contributed by atoms with E-state index in [1.807, 2.05) is 72.8 Å². The minimum Gasteiger partial charge on any atom is -0.462 e. The number of nitriles is 1. The van der Waals surface area contributed by atoms with Crippen LogP contribution in [0.2, 0.25) is 0 Å². The molecule has 1 N–H and O–H groups in total. The maximum absolute atomic E-state index is 13.4. The highest BCUT2D eigenvalue weighted by molar-refractivity contribution is 8.19. The summed E-state index contributed by atoms with van der Waals surface area (Å²) in [4.78, 5) is 38.9. The molecule has 5 rings (SSSR count). The lowest BCUT2D eigenvalue weighted by atomic mass is 10.0. The number of rotatable bonds is 9. The third-order valence-electron chi connectivity index (χ3n) is 6.51. The zero-order chi connectivity index (χ0) is 31.9. The number of carbonyl (C=O) groups excluding carboxylic acids is 3. The van der Waals surface area contributed by atoms with E-state index in [1.54, 1.807) is 42.8 Å². The molecule has 1 amide bonds. The van der Waals surface area contributed by atoms with Gasteiger partial charge in [-0.2, -0.15) is 20.6 Å². The Balaban J connectivity index is 1.57. The zero-order valence-electron chi connectivity index (χ0n) is 24.6. The van der Waals surface area contributed by atoms with Gasteiger partial charge in [0.05, 0.1) is 29.4 Å². The highest BCUT2D eigenvalue weighted by atomic mass is 32.2. The van der Waals surface area contributed by atoms with Crippen LogP contribution in [0.5, 0.6) is 0 Å². The van der Waals surface area contributed by atoms with Gasteiger partial charge in [0, 0.05) is 12.5 Å². The fraction of sp³-hybridized carbons (Fsp3) is 0.121. The van der Waals surface area contributed by atoms with Gasteiger partial charge in [0.15, 0.2) is 16.4 Å². The molecule has 0 saturated carbocycles. The van der Waals surface area contributed by atoms with Gasteiger partial charge in [-0.3, -0.25) is 9.59 Å². The van der Waals surface area contributed by atoms with Crippen LogP contribution in [0, 0.1) is 11.3 Å². The second-order valence-electron chi connectivity index (χ2n) is 9.55. The van der Waals surface area contributed by atoms with E-state index in [1.165, 1.54) is 11.9 Å². The number of benzene rings is 3. The summed E-state index contributed by atoms with van der Waals surface area (Å²) >= 11 is 0.923. The number of amides is 1. The summed E-state index contributed by atoms with van der Waals surface area (Å²) in [6.07, 6.45) is 0. The molecular formula is C33H27N7O4S. The van der Waals surface area contributed by atoms with E-state index >= 15 is 0 Å². The molecule has 0 unspecified atom stereocenters. The Kier molecular flexibility index (Phi) is 9.31. The van der Waals surface area contributed by atoms with Crippen molar-refractivity contribution in [2.45, 2.75) is 20.8 Å². The number of ether oxygens (including phenoxy) is 1. The number of ketones is 1. The number of hydrazone groups is 2. The molecule has 0 bridgehead atoms. The summed E-state index contributed by atoms with van der Waals surface area (Å²) in [5, 5.41) is 25.0. The van der Waals surface area contributed by atoms with E-state index in [4.69, 9.17) is 9.84 Å². The summed E-state index contributed by atoms with van der Waals surface area (Å²) in [7, 11) is 0. The molecule has 1 aromatic heterocycles. The van der Waals surface area contributed by atoms with Crippen molar-refractivity contribution in [3.8, 4) is 23.0 Å². The number of thioether (sulfide) groups is 1. The topological polar surface area (TPSA) is 142 Å². The maximum atomic E-state index is 13.4. The number of aromatic nitrogens is 2. The number of esters is 1. The predicted octanol–water partition coefficient (Wildman–Crippen LogP) is 5.45. The van der Waals surface area contributed by atoms with Crippen molar-refractivity contribution >= 4 is 45.9 Å².